The summed E-state index contributed by atoms with van der Waals surface area (Å²) in [6, 6.07) is 8.93. The van der Waals surface area contributed by atoms with Crippen LogP contribution in [0.15, 0.2) is 24.3 Å². The van der Waals surface area contributed by atoms with Crippen LogP contribution in [0.4, 0.5) is 0 Å². The lowest BCUT2D eigenvalue weighted by atomic mass is 9.95. The van der Waals surface area contributed by atoms with Gasteiger partial charge in [-0.3, -0.25) is 0 Å². The molecule has 2 heteroatoms. The molecule has 0 amide bonds. The van der Waals surface area contributed by atoms with Crippen molar-refractivity contribution in [1.82, 2.24) is 5.32 Å². The summed E-state index contributed by atoms with van der Waals surface area (Å²) in [7, 11) is 0. The van der Waals surface area contributed by atoms with Gasteiger partial charge in [-0.2, -0.15) is 0 Å². The molecule has 0 heterocycles. The van der Waals surface area contributed by atoms with E-state index in [1.165, 1.54) is 37.7 Å². The van der Waals surface area contributed by atoms with E-state index in [0.717, 1.165) is 12.3 Å². The standard InChI is InChI=1S/C16H25NO/c1-13-8-6-7-11-16(13)18-14(2)12-17-15-9-4-3-5-10-15/h6-8,11,14-15,17H,3-5,9-10,12H2,1-2H3. The summed E-state index contributed by atoms with van der Waals surface area (Å²) in [4.78, 5) is 0. The van der Waals surface area contributed by atoms with Crippen molar-refractivity contribution in [3.05, 3.63) is 29.8 Å². The van der Waals surface area contributed by atoms with Crippen LogP contribution in [0.5, 0.6) is 5.75 Å². The van der Waals surface area contributed by atoms with Gasteiger partial charge in [0.25, 0.3) is 0 Å². The number of ether oxygens (including phenoxy) is 1. The fourth-order valence-electron chi connectivity index (χ4n) is 2.59. The second-order valence-electron chi connectivity index (χ2n) is 5.44. The molecule has 0 spiro atoms. The summed E-state index contributed by atoms with van der Waals surface area (Å²) in [6.07, 6.45) is 7.06. The molecule has 2 nitrogen and oxygen atoms in total. The number of aryl methyl sites for hydroxylation is 1. The predicted octanol–water partition coefficient (Wildman–Crippen LogP) is 3.68. The minimum atomic E-state index is 0.230. The smallest absolute Gasteiger partial charge is 0.122 e. The highest BCUT2D eigenvalue weighted by molar-refractivity contribution is 5.31. The van der Waals surface area contributed by atoms with Crippen LogP contribution in [0.1, 0.15) is 44.6 Å². The summed E-state index contributed by atoms with van der Waals surface area (Å²) >= 11 is 0. The number of benzene rings is 1. The van der Waals surface area contributed by atoms with E-state index < -0.39 is 0 Å². The summed E-state index contributed by atoms with van der Waals surface area (Å²) in [5, 5.41) is 3.64. The molecule has 0 aliphatic heterocycles. The first-order valence-corrected chi connectivity index (χ1v) is 7.21. The molecule has 0 bridgehead atoms. The lowest BCUT2D eigenvalue weighted by molar-refractivity contribution is 0.204. The van der Waals surface area contributed by atoms with Crippen molar-refractivity contribution in [3.63, 3.8) is 0 Å². The Labute approximate surface area is 111 Å². The largest absolute Gasteiger partial charge is 0.489 e. The molecular weight excluding hydrogens is 222 g/mol. The zero-order valence-corrected chi connectivity index (χ0v) is 11.6. The van der Waals surface area contributed by atoms with Crippen LogP contribution in [0.2, 0.25) is 0 Å². The topological polar surface area (TPSA) is 21.3 Å². The van der Waals surface area contributed by atoms with Crippen LogP contribution in [-0.4, -0.2) is 18.7 Å². The van der Waals surface area contributed by atoms with Gasteiger partial charge in [-0.25, -0.2) is 0 Å². The van der Waals surface area contributed by atoms with E-state index in [1.54, 1.807) is 0 Å². The van der Waals surface area contributed by atoms with Gasteiger partial charge in [0.05, 0.1) is 0 Å². The van der Waals surface area contributed by atoms with Gasteiger partial charge in [0.1, 0.15) is 11.9 Å². The van der Waals surface area contributed by atoms with Gasteiger partial charge in [-0.1, -0.05) is 37.5 Å². The van der Waals surface area contributed by atoms with Crippen LogP contribution in [0.3, 0.4) is 0 Å². The molecule has 1 atom stereocenters. The van der Waals surface area contributed by atoms with Gasteiger partial charge in [-0.05, 0) is 38.3 Å². The van der Waals surface area contributed by atoms with Crippen LogP contribution < -0.4 is 10.1 Å². The van der Waals surface area contributed by atoms with Gasteiger partial charge in [-0.15, -0.1) is 0 Å². The molecule has 1 aliphatic carbocycles. The Morgan fingerprint density at radius 2 is 1.94 bits per heavy atom. The molecular formula is C16H25NO. The normalized spacial score (nSPS) is 18.6. The number of nitrogens with one attached hydrogen (secondary N) is 1. The van der Waals surface area contributed by atoms with Crippen molar-refractivity contribution in [2.24, 2.45) is 0 Å². The first kappa shape index (κ1) is 13.4. The fraction of sp³-hybridized carbons (Fsp3) is 0.625. The van der Waals surface area contributed by atoms with Crippen molar-refractivity contribution < 1.29 is 4.74 Å². The fourth-order valence-corrected chi connectivity index (χ4v) is 2.59. The molecule has 1 saturated carbocycles. The van der Waals surface area contributed by atoms with Crippen molar-refractivity contribution in [2.75, 3.05) is 6.54 Å². The van der Waals surface area contributed by atoms with E-state index in [4.69, 9.17) is 4.74 Å². The number of hydrogen-bond acceptors (Lipinski definition) is 2. The molecule has 100 valence electrons. The third-order valence-corrected chi connectivity index (χ3v) is 3.72. The maximum atomic E-state index is 5.97. The molecule has 1 aliphatic rings. The van der Waals surface area contributed by atoms with E-state index in [9.17, 15) is 0 Å². The lowest BCUT2D eigenvalue weighted by Crippen LogP contribution is -2.37. The molecule has 1 fully saturated rings. The van der Waals surface area contributed by atoms with Crippen molar-refractivity contribution in [3.8, 4) is 5.75 Å². The summed E-state index contributed by atoms with van der Waals surface area (Å²) in [5.41, 5.74) is 1.21. The molecule has 1 aromatic carbocycles. The third kappa shape index (κ3) is 4.02. The first-order valence-electron chi connectivity index (χ1n) is 7.21. The quantitative estimate of drug-likeness (QED) is 0.857. The highest BCUT2D eigenvalue weighted by Crippen LogP contribution is 2.19. The second-order valence-corrected chi connectivity index (χ2v) is 5.44. The van der Waals surface area contributed by atoms with Crippen LogP contribution in [0.25, 0.3) is 0 Å². The van der Waals surface area contributed by atoms with E-state index >= 15 is 0 Å². The summed E-state index contributed by atoms with van der Waals surface area (Å²) in [5.74, 6) is 1.01. The van der Waals surface area contributed by atoms with Crippen LogP contribution in [-0.2, 0) is 0 Å². The minimum Gasteiger partial charge on any atom is -0.489 e. The zero-order chi connectivity index (χ0) is 12.8. The van der Waals surface area contributed by atoms with Gasteiger partial charge in [0.15, 0.2) is 0 Å². The monoisotopic (exact) mass is 247 g/mol. The Balaban J connectivity index is 1.74. The lowest BCUT2D eigenvalue weighted by Gasteiger charge is -2.25. The molecule has 0 saturated heterocycles. The average Bonchev–Trinajstić information content (AvgIpc) is 2.40. The zero-order valence-electron chi connectivity index (χ0n) is 11.6. The van der Waals surface area contributed by atoms with E-state index in [2.05, 4.69) is 25.2 Å². The maximum absolute atomic E-state index is 5.97. The molecule has 18 heavy (non-hydrogen) atoms. The van der Waals surface area contributed by atoms with E-state index in [0.29, 0.717) is 6.04 Å². The Bertz CT molecular complexity index is 358. The van der Waals surface area contributed by atoms with Gasteiger partial charge in [0, 0.05) is 12.6 Å². The Morgan fingerprint density at radius 1 is 1.22 bits per heavy atom. The van der Waals surface area contributed by atoms with Crippen molar-refractivity contribution in [1.29, 1.82) is 0 Å². The van der Waals surface area contributed by atoms with Gasteiger partial charge < -0.3 is 10.1 Å². The second kappa shape index (κ2) is 6.79. The van der Waals surface area contributed by atoms with Gasteiger partial charge in [0.2, 0.25) is 0 Å². The van der Waals surface area contributed by atoms with Crippen molar-refractivity contribution in [2.45, 2.75) is 58.1 Å². The van der Waals surface area contributed by atoms with Gasteiger partial charge >= 0.3 is 0 Å². The molecule has 1 unspecified atom stereocenters. The number of hydrogen-bond donors (Lipinski definition) is 1. The van der Waals surface area contributed by atoms with Crippen molar-refractivity contribution >= 4 is 0 Å². The molecule has 0 radical (unpaired) electrons. The first-order chi connectivity index (χ1) is 8.75. The molecule has 2 rings (SSSR count). The Morgan fingerprint density at radius 3 is 2.67 bits per heavy atom. The Hall–Kier alpha value is -1.02. The van der Waals surface area contributed by atoms with Crippen LogP contribution in [0, 0.1) is 6.92 Å². The number of rotatable bonds is 5. The summed E-state index contributed by atoms with van der Waals surface area (Å²) in [6.45, 7) is 5.18. The maximum Gasteiger partial charge on any atom is 0.122 e. The third-order valence-electron chi connectivity index (χ3n) is 3.72. The highest BCUT2D eigenvalue weighted by Gasteiger charge is 2.14. The molecule has 1 N–H and O–H groups in total. The van der Waals surface area contributed by atoms with Crippen LogP contribution >= 0.6 is 0 Å². The molecule has 0 aromatic heterocycles. The minimum absolute atomic E-state index is 0.230. The SMILES string of the molecule is Cc1ccccc1OC(C)CNC1CCCCC1. The number of para-hydroxylation sites is 1. The predicted molar refractivity (Wildman–Crippen MR) is 76.1 cm³/mol. The highest BCUT2D eigenvalue weighted by atomic mass is 16.5. The Kier molecular flexibility index (Phi) is 5.06. The average molecular weight is 247 g/mol. The van der Waals surface area contributed by atoms with E-state index in [-0.39, 0.29) is 6.10 Å². The summed E-state index contributed by atoms with van der Waals surface area (Å²) < 4.78 is 5.97. The van der Waals surface area contributed by atoms with E-state index in [1.807, 2.05) is 18.2 Å². The molecule has 1 aromatic rings.